The zero-order valence-corrected chi connectivity index (χ0v) is 23.4. The number of carbonyl (C=O) groups is 2. The topological polar surface area (TPSA) is 104 Å². The molecule has 41 heavy (non-hydrogen) atoms. The third-order valence-corrected chi connectivity index (χ3v) is 6.87. The summed E-state index contributed by atoms with van der Waals surface area (Å²) in [5, 5.41) is 12.8. The molecule has 0 saturated heterocycles. The maximum atomic E-state index is 14.9. The normalized spacial score (nSPS) is 16.9. The number of carbonyl (C=O) groups excluding carboxylic acids is 2. The lowest BCUT2D eigenvalue weighted by Crippen LogP contribution is -2.41. The van der Waals surface area contributed by atoms with Gasteiger partial charge in [0.1, 0.15) is 23.1 Å². The summed E-state index contributed by atoms with van der Waals surface area (Å²) in [5.74, 6) is -1.13. The Balaban J connectivity index is 1.41. The molecule has 212 valence electrons. The lowest BCUT2D eigenvalue weighted by molar-refractivity contribution is -0.119. The minimum atomic E-state index is -0.727. The molecule has 1 aromatic heterocycles. The van der Waals surface area contributed by atoms with Gasteiger partial charge in [-0.3, -0.25) is 14.4 Å². The molecule has 3 heterocycles. The first-order valence-corrected chi connectivity index (χ1v) is 13.2. The first kappa shape index (κ1) is 27.8. The number of fused-ring (bicyclic) bond motifs is 1. The van der Waals surface area contributed by atoms with Crippen molar-refractivity contribution in [1.29, 1.82) is 0 Å². The summed E-state index contributed by atoms with van der Waals surface area (Å²) >= 11 is 0. The van der Waals surface area contributed by atoms with E-state index < -0.39 is 29.1 Å². The molecule has 0 radical (unpaired) electrons. The summed E-state index contributed by atoms with van der Waals surface area (Å²) in [6.07, 6.45) is 5.86. The van der Waals surface area contributed by atoms with Crippen LogP contribution in [0, 0.1) is 17.6 Å². The van der Waals surface area contributed by atoms with Crippen LogP contribution in [0.4, 0.5) is 30.6 Å². The number of allylic oxidation sites excluding steroid dienone is 2. The van der Waals surface area contributed by atoms with Crippen LogP contribution in [0.15, 0.2) is 77.3 Å². The molecule has 9 nitrogen and oxygen atoms in total. The van der Waals surface area contributed by atoms with Gasteiger partial charge in [0.15, 0.2) is 0 Å². The molecule has 5 rings (SSSR count). The highest BCUT2D eigenvalue weighted by atomic mass is 19.1. The van der Waals surface area contributed by atoms with Crippen molar-refractivity contribution in [3.63, 3.8) is 0 Å². The van der Waals surface area contributed by atoms with E-state index in [0.29, 0.717) is 40.6 Å². The molecular formula is C30H31F2N7O2. The van der Waals surface area contributed by atoms with E-state index in [0.717, 1.165) is 5.57 Å². The van der Waals surface area contributed by atoms with Crippen molar-refractivity contribution in [3.8, 4) is 11.3 Å². The number of aliphatic imine (C=N–C) groups is 1. The second-order valence-corrected chi connectivity index (χ2v) is 10.9. The van der Waals surface area contributed by atoms with Crippen molar-refractivity contribution in [2.24, 2.45) is 10.9 Å². The van der Waals surface area contributed by atoms with Crippen LogP contribution in [0.25, 0.3) is 11.3 Å². The van der Waals surface area contributed by atoms with Crippen LogP contribution in [0.2, 0.25) is 0 Å². The average Bonchev–Trinajstić information content (AvgIpc) is 3.36. The lowest BCUT2D eigenvalue weighted by atomic mass is 9.90. The zero-order chi connectivity index (χ0) is 29.5. The molecular weight excluding hydrogens is 528 g/mol. The Bertz CT molecular complexity index is 1630. The van der Waals surface area contributed by atoms with Crippen molar-refractivity contribution in [2.75, 3.05) is 22.6 Å². The summed E-state index contributed by atoms with van der Waals surface area (Å²) in [6, 6.07) is 9.25. The van der Waals surface area contributed by atoms with Crippen molar-refractivity contribution in [3.05, 3.63) is 84.0 Å². The van der Waals surface area contributed by atoms with Gasteiger partial charge in [0.2, 0.25) is 5.91 Å². The highest BCUT2D eigenvalue weighted by Gasteiger charge is 2.34. The fraction of sp³-hybridized carbons (Fsp3) is 0.267. The third-order valence-electron chi connectivity index (χ3n) is 6.87. The van der Waals surface area contributed by atoms with Gasteiger partial charge in [-0.15, -0.1) is 0 Å². The Morgan fingerprint density at radius 3 is 2.54 bits per heavy atom. The largest absolute Gasteiger partial charge is 0.373 e. The molecule has 0 spiro atoms. The minimum absolute atomic E-state index is 0.116. The van der Waals surface area contributed by atoms with Crippen LogP contribution < -0.4 is 20.9 Å². The van der Waals surface area contributed by atoms with Crippen LogP contribution >= 0.6 is 0 Å². The summed E-state index contributed by atoms with van der Waals surface area (Å²) in [6.45, 7) is 7.60. The number of nitrogens with zero attached hydrogens (tertiary/aromatic N) is 4. The maximum Gasteiger partial charge on any atom is 0.323 e. The van der Waals surface area contributed by atoms with E-state index in [1.54, 1.807) is 43.2 Å². The molecule has 2 aliphatic rings. The van der Waals surface area contributed by atoms with Gasteiger partial charge in [-0.25, -0.2) is 18.6 Å². The second-order valence-electron chi connectivity index (χ2n) is 10.9. The third kappa shape index (κ3) is 5.60. The summed E-state index contributed by atoms with van der Waals surface area (Å²) < 4.78 is 30.5. The standard InChI is InChI=1S/C30H31F2N7O2/c1-17-26-19(9-12-25(33-5)36-26)15-38(28(17)40)21-10-11-22(32)23(14-21)34-29(41)35-24-16-39(30(2,3)4)37-27(24)18-7-6-8-20(31)13-18/h6-8,10-17,33H,9H2,1-5H3,(H2,34,35,41). The van der Waals surface area contributed by atoms with Crippen molar-refractivity contribution >= 4 is 34.7 Å². The number of hydrogen-bond acceptors (Lipinski definition) is 5. The first-order valence-electron chi connectivity index (χ1n) is 13.2. The summed E-state index contributed by atoms with van der Waals surface area (Å²) in [4.78, 5) is 32.3. The molecule has 2 aliphatic heterocycles. The van der Waals surface area contributed by atoms with Gasteiger partial charge in [-0.2, -0.15) is 5.10 Å². The van der Waals surface area contributed by atoms with Gasteiger partial charge < -0.3 is 16.0 Å². The molecule has 3 amide bonds. The van der Waals surface area contributed by atoms with E-state index in [2.05, 4.69) is 26.0 Å². The Morgan fingerprint density at radius 1 is 1.07 bits per heavy atom. The van der Waals surface area contributed by atoms with E-state index in [4.69, 9.17) is 0 Å². The number of amides is 3. The molecule has 3 aromatic rings. The van der Waals surface area contributed by atoms with Gasteiger partial charge in [0.25, 0.3) is 0 Å². The van der Waals surface area contributed by atoms with E-state index >= 15 is 0 Å². The quantitative estimate of drug-likeness (QED) is 0.357. The summed E-state index contributed by atoms with van der Waals surface area (Å²) in [7, 11) is 1.77. The second kappa shape index (κ2) is 10.6. The SMILES string of the molecule is CNC1=CCC2=CN(c3ccc(F)c(NC(=O)Nc4cn(C(C)(C)C)nc4-c4cccc(F)c4)c3)C(=O)C(C)C2=N1. The monoisotopic (exact) mass is 559 g/mol. The molecule has 3 N–H and O–H groups in total. The van der Waals surface area contributed by atoms with E-state index in [9.17, 15) is 18.4 Å². The lowest BCUT2D eigenvalue weighted by Gasteiger charge is -2.32. The number of aromatic nitrogens is 2. The average molecular weight is 560 g/mol. The zero-order valence-electron chi connectivity index (χ0n) is 23.4. The number of benzene rings is 2. The molecule has 0 fully saturated rings. The van der Waals surface area contributed by atoms with Crippen molar-refractivity contribution in [2.45, 2.75) is 39.7 Å². The molecule has 1 atom stereocenters. The Labute approximate surface area is 236 Å². The molecule has 0 saturated carbocycles. The minimum Gasteiger partial charge on any atom is -0.373 e. The van der Waals surface area contributed by atoms with E-state index in [1.807, 2.05) is 26.8 Å². The number of hydrogen-bond donors (Lipinski definition) is 3. The molecule has 1 unspecified atom stereocenters. The highest BCUT2D eigenvalue weighted by molar-refractivity contribution is 6.21. The highest BCUT2D eigenvalue weighted by Crippen LogP contribution is 2.33. The predicted octanol–water partition coefficient (Wildman–Crippen LogP) is 6.00. The van der Waals surface area contributed by atoms with Crippen LogP contribution in [0.1, 0.15) is 34.1 Å². The number of anilines is 3. The smallest absolute Gasteiger partial charge is 0.323 e. The number of nitrogens with one attached hydrogen (secondary N) is 3. The van der Waals surface area contributed by atoms with Crippen molar-refractivity contribution < 1.29 is 18.4 Å². The van der Waals surface area contributed by atoms with Crippen LogP contribution in [0.5, 0.6) is 0 Å². The van der Waals surface area contributed by atoms with Gasteiger partial charge in [-0.1, -0.05) is 12.1 Å². The molecule has 2 aromatic carbocycles. The fourth-order valence-corrected chi connectivity index (χ4v) is 4.65. The van der Waals surface area contributed by atoms with Gasteiger partial charge in [0.05, 0.1) is 34.2 Å². The number of halogens is 2. The number of urea groups is 1. The first-order chi connectivity index (χ1) is 19.4. The molecule has 0 aliphatic carbocycles. The fourth-order valence-electron chi connectivity index (χ4n) is 4.65. The maximum absolute atomic E-state index is 14.9. The summed E-state index contributed by atoms with van der Waals surface area (Å²) in [5.41, 5.74) is 2.61. The Kier molecular flexibility index (Phi) is 7.20. The van der Waals surface area contributed by atoms with Crippen molar-refractivity contribution in [1.82, 2.24) is 15.1 Å². The van der Waals surface area contributed by atoms with E-state index in [1.165, 1.54) is 35.2 Å². The molecule has 0 bridgehead atoms. The van der Waals surface area contributed by atoms with Gasteiger partial charge in [0, 0.05) is 25.0 Å². The molecule has 11 heteroatoms. The van der Waals surface area contributed by atoms with Gasteiger partial charge in [-0.05, 0) is 76.1 Å². The van der Waals surface area contributed by atoms with Gasteiger partial charge >= 0.3 is 6.03 Å². The van der Waals surface area contributed by atoms with Crippen LogP contribution in [-0.2, 0) is 10.3 Å². The van der Waals surface area contributed by atoms with Crippen LogP contribution in [0.3, 0.4) is 0 Å². The number of rotatable bonds is 5. The predicted molar refractivity (Wildman–Crippen MR) is 156 cm³/mol. The van der Waals surface area contributed by atoms with Crippen LogP contribution in [-0.4, -0.2) is 34.5 Å². The Morgan fingerprint density at radius 2 is 1.83 bits per heavy atom. The van der Waals surface area contributed by atoms with E-state index in [-0.39, 0.29) is 11.6 Å². The Hall–Kier alpha value is -4.80.